The molecule has 2 N–H and O–H groups in total. The van der Waals surface area contributed by atoms with Gasteiger partial charge in [0.1, 0.15) is 11.6 Å². The highest BCUT2D eigenvalue weighted by Crippen LogP contribution is 2.19. The van der Waals surface area contributed by atoms with Gasteiger partial charge in [-0.15, -0.1) is 17.5 Å². The fraction of sp³-hybridized carbons (Fsp3) is 0.471. The molecule has 0 spiro atoms. The summed E-state index contributed by atoms with van der Waals surface area (Å²) in [5, 5.41) is 4.35. The van der Waals surface area contributed by atoms with E-state index >= 15 is 0 Å². The summed E-state index contributed by atoms with van der Waals surface area (Å²) >= 11 is 0. The van der Waals surface area contributed by atoms with Crippen LogP contribution in [0.25, 0.3) is 5.69 Å². The maximum atomic E-state index is 13.5. The molecule has 136 valence electrons. The average molecular weight is 368 g/mol. The van der Waals surface area contributed by atoms with E-state index in [-0.39, 0.29) is 41.9 Å². The van der Waals surface area contributed by atoms with Crippen molar-refractivity contribution in [2.24, 2.45) is 5.73 Å². The van der Waals surface area contributed by atoms with E-state index in [4.69, 9.17) is 5.73 Å². The predicted molar refractivity (Wildman–Crippen MR) is 95.8 cm³/mol. The topological polar surface area (TPSA) is 77.0 Å². The molecule has 6 nitrogen and oxygen atoms in total. The van der Waals surface area contributed by atoms with Crippen LogP contribution in [-0.4, -0.2) is 44.7 Å². The minimum atomic E-state index is -0.351. The fourth-order valence-electron chi connectivity index (χ4n) is 2.83. The molecule has 1 amide bonds. The van der Waals surface area contributed by atoms with Gasteiger partial charge in [0.05, 0.1) is 5.69 Å². The molecule has 1 saturated heterocycles. The van der Waals surface area contributed by atoms with Crippen LogP contribution in [0.1, 0.15) is 49.1 Å². The largest absolute Gasteiger partial charge is 0.336 e. The number of carbonyl (C=O) groups is 1. The third-order valence-corrected chi connectivity index (χ3v) is 4.22. The van der Waals surface area contributed by atoms with E-state index in [0.717, 1.165) is 12.8 Å². The number of nitrogens with zero attached hydrogens (tertiary/aromatic N) is 4. The Balaban J connectivity index is 0.00000225. The lowest BCUT2D eigenvalue weighted by Crippen LogP contribution is -2.43. The van der Waals surface area contributed by atoms with Gasteiger partial charge in [-0.3, -0.25) is 4.79 Å². The number of hydrogen-bond donors (Lipinski definition) is 1. The molecule has 0 radical (unpaired) electrons. The van der Waals surface area contributed by atoms with Crippen LogP contribution in [0.4, 0.5) is 4.39 Å². The van der Waals surface area contributed by atoms with E-state index in [1.807, 2.05) is 13.8 Å². The normalized spacial score (nSPS) is 15.3. The van der Waals surface area contributed by atoms with Crippen molar-refractivity contribution >= 4 is 18.3 Å². The molecule has 0 bridgehead atoms. The van der Waals surface area contributed by atoms with Crippen molar-refractivity contribution in [3.05, 3.63) is 41.7 Å². The number of benzene rings is 1. The first-order chi connectivity index (χ1) is 11.5. The van der Waals surface area contributed by atoms with Crippen LogP contribution < -0.4 is 5.73 Å². The number of aromatic nitrogens is 3. The van der Waals surface area contributed by atoms with Crippen molar-refractivity contribution in [1.82, 2.24) is 19.7 Å². The lowest BCUT2D eigenvalue weighted by Gasteiger charge is -2.29. The monoisotopic (exact) mass is 367 g/mol. The molecule has 0 unspecified atom stereocenters. The summed E-state index contributed by atoms with van der Waals surface area (Å²) in [5.74, 6) is 0.294. The Labute approximate surface area is 152 Å². The lowest BCUT2D eigenvalue weighted by molar-refractivity contribution is 0.0702. The van der Waals surface area contributed by atoms with E-state index in [2.05, 4.69) is 10.1 Å². The maximum Gasteiger partial charge on any atom is 0.293 e. The Morgan fingerprint density at radius 2 is 2.00 bits per heavy atom. The van der Waals surface area contributed by atoms with Gasteiger partial charge in [-0.05, 0) is 31.0 Å². The van der Waals surface area contributed by atoms with E-state index in [0.29, 0.717) is 24.6 Å². The summed E-state index contributed by atoms with van der Waals surface area (Å²) < 4.78 is 15.1. The molecule has 25 heavy (non-hydrogen) atoms. The smallest absolute Gasteiger partial charge is 0.293 e. The third kappa shape index (κ3) is 4.16. The molecule has 1 aliphatic rings. The van der Waals surface area contributed by atoms with Crippen LogP contribution in [0.2, 0.25) is 0 Å². The lowest BCUT2D eigenvalue weighted by atomic mass is 10.1. The summed E-state index contributed by atoms with van der Waals surface area (Å²) in [5.41, 5.74) is 6.45. The summed E-state index contributed by atoms with van der Waals surface area (Å²) in [4.78, 5) is 18.8. The highest BCUT2D eigenvalue weighted by molar-refractivity contribution is 5.90. The molecule has 2 aromatic rings. The Bertz CT molecular complexity index is 740. The highest BCUT2D eigenvalue weighted by atomic mass is 35.5. The zero-order valence-electron chi connectivity index (χ0n) is 14.4. The first-order valence-electron chi connectivity index (χ1n) is 8.23. The number of halogens is 2. The first kappa shape index (κ1) is 19.3. The number of amides is 1. The Morgan fingerprint density at radius 1 is 1.32 bits per heavy atom. The van der Waals surface area contributed by atoms with E-state index in [1.165, 1.54) is 12.1 Å². The average Bonchev–Trinajstić information content (AvgIpc) is 3.00. The quantitative estimate of drug-likeness (QED) is 0.904. The van der Waals surface area contributed by atoms with Crippen molar-refractivity contribution < 1.29 is 9.18 Å². The molecule has 1 aliphatic heterocycles. The van der Waals surface area contributed by atoms with Crippen molar-refractivity contribution in [3.63, 3.8) is 0 Å². The van der Waals surface area contributed by atoms with Gasteiger partial charge in [0.2, 0.25) is 5.82 Å². The second-order valence-corrected chi connectivity index (χ2v) is 6.47. The van der Waals surface area contributed by atoms with Crippen molar-refractivity contribution in [2.45, 2.75) is 38.6 Å². The fourth-order valence-corrected chi connectivity index (χ4v) is 2.83. The van der Waals surface area contributed by atoms with Gasteiger partial charge in [0.15, 0.2) is 0 Å². The second-order valence-electron chi connectivity index (χ2n) is 6.47. The third-order valence-electron chi connectivity index (χ3n) is 4.22. The molecule has 3 rings (SSSR count). The number of piperidine rings is 1. The van der Waals surface area contributed by atoms with Crippen LogP contribution in [0, 0.1) is 5.82 Å². The van der Waals surface area contributed by atoms with E-state index in [9.17, 15) is 9.18 Å². The van der Waals surface area contributed by atoms with E-state index in [1.54, 1.807) is 21.7 Å². The van der Waals surface area contributed by atoms with Gasteiger partial charge in [0.25, 0.3) is 5.91 Å². The van der Waals surface area contributed by atoms with Crippen LogP contribution in [-0.2, 0) is 0 Å². The van der Waals surface area contributed by atoms with Crippen molar-refractivity contribution in [1.29, 1.82) is 0 Å². The maximum absolute atomic E-state index is 13.5. The number of hydrogen-bond acceptors (Lipinski definition) is 4. The van der Waals surface area contributed by atoms with Gasteiger partial charge in [-0.2, -0.15) is 0 Å². The van der Waals surface area contributed by atoms with Crippen molar-refractivity contribution in [3.8, 4) is 5.69 Å². The molecule has 1 aromatic carbocycles. The van der Waals surface area contributed by atoms with Crippen LogP contribution in [0.5, 0.6) is 0 Å². The van der Waals surface area contributed by atoms with Gasteiger partial charge in [-0.1, -0.05) is 19.9 Å². The predicted octanol–water partition coefficient (Wildman–Crippen LogP) is 2.51. The summed E-state index contributed by atoms with van der Waals surface area (Å²) in [6.45, 7) is 5.17. The number of carbonyl (C=O) groups excluding carboxylic acids is 1. The number of rotatable bonds is 3. The standard InChI is InChI=1S/C17H22FN5O.ClH/c1-11(2)16-20-15(17(24)22-8-6-13(19)7-9-22)21-23(16)14-5-3-4-12(18)10-14;/h3-5,10-11,13H,6-9,19H2,1-2H3;1H. The molecule has 2 heterocycles. The van der Waals surface area contributed by atoms with Gasteiger partial charge in [-0.25, -0.2) is 14.1 Å². The minimum absolute atomic E-state index is 0. The van der Waals surface area contributed by atoms with Gasteiger partial charge < -0.3 is 10.6 Å². The molecule has 0 atom stereocenters. The van der Waals surface area contributed by atoms with Crippen LogP contribution in [0.3, 0.4) is 0 Å². The molecule has 0 saturated carbocycles. The summed E-state index contributed by atoms with van der Waals surface area (Å²) in [6, 6.07) is 6.27. The first-order valence-corrected chi connectivity index (χ1v) is 8.23. The summed E-state index contributed by atoms with van der Waals surface area (Å²) in [6.07, 6.45) is 1.57. The molecule has 8 heteroatoms. The number of likely N-dealkylation sites (tertiary alicyclic amines) is 1. The molecule has 1 aromatic heterocycles. The number of nitrogens with two attached hydrogens (primary N) is 1. The van der Waals surface area contributed by atoms with Crippen molar-refractivity contribution in [2.75, 3.05) is 13.1 Å². The minimum Gasteiger partial charge on any atom is -0.336 e. The molecular formula is C17H23ClFN5O. The zero-order chi connectivity index (χ0) is 17.3. The van der Waals surface area contributed by atoms with Crippen LogP contribution in [0.15, 0.2) is 24.3 Å². The van der Waals surface area contributed by atoms with Gasteiger partial charge >= 0.3 is 0 Å². The Morgan fingerprint density at radius 3 is 2.60 bits per heavy atom. The Kier molecular flexibility index (Phi) is 6.13. The zero-order valence-corrected chi connectivity index (χ0v) is 15.2. The second kappa shape index (κ2) is 7.93. The molecular weight excluding hydrogens is 345 g/mol. The van der Waals surface area contributed by atoms with Gasteiger partial charge in [0, 0.05) is 25.0 Å². The molecule has 0 aliphatic carbocycles. The SMILES string of the molecule is CC(C)c1nc(C(=O)N2CCC(N)CC2)nn1-c1cccc(F)c1.Cl. The van der Waals surface area contributed by atoms with E-state index < -0.39 is 0 Å². The highest BCUT2D eigenvalue weighted by Gasteiger charge is 2.26. The summed E-state index contributed by atoms with van der Waals surface area (Å²) in [7, 11) is 0. The Hall–Kier alpha value is -1.99. The molecule has 1 fully saturated rings. The van der Waals surface area contributed by atoms with Crippen LogP contribution >= 0.6 is 12.4 Å².